The Balaban J connectivity index is 2.26. The monoisotopic (exact) mass is 244 g/mol. The van der Waals surface area contributed by atoms with E-state index in [4.69, 9.17) is 0 Å². The normalized spacial score (nSPS) is 12.1. The van der Waals surface area contributed by atoms with Crippen molar-refractivity contribution < 1.29 is 0 Å². The summed E-state index contributed by atoms with van der Waals surface area (Å²) in [5.41, 5.74) is 1.27. The van der Waals surface area contributed by atoms with Gasteiger partial charge in [0, 0.05) is 0 Å². The molecule has 0 aliphatic rings. The Kier molecular flexibility index (Phi) is 3.16. The molecule has 0 aliphatic carbocycles. The molecule has 0 aromatic heterocycles. The van der Waals surface area contributed by atoms with E-state index in [0.717, 1.165) is 0 Å². The van der Waals surface area contributed by atoms with Gasteiger partial charge in [0.05, 0.1) is 0 Å². The molecule has 0 heteroatoms. The van der Waals surface area contributed by atoms with Crippen LogP contribution in [-0.2, 0) is 0 Å². The summed E-state index contributed by atoms with van der Waals surface area (Å²) >= 11 is 0. The van der Waals surface area contributed by atoms with Crippen molar-refractivity contribution in [2.45, 2.75) is 6.92 Å². The van der Waals surface area contributed by atoms with E-state index in [0.29, 0.717) is 0 Å². The Morgan fingerprint density at radius 3 is 2.26 bits per heavy atom. The fraction of sp³-hybridized carbons (Fsp3) is 0.0526. The number of fused-ring (bicyclic) bond motifs is 2. The highest BCUT2D eigenvalue weighted by atomic mass is 14.0. The Hall–Kier alpha value is -2.34. The van der Waals surface area contributed by atoms with Crippen molar-refractivity contribution in [2.75, 3.05) is 0 Å². The zero-order valence-corrected chi connectivity index (χ0v) is 11.0. The number of hydrogen-bond acceptors (Lipinski definition) is 0. The van der Waals surface area contributed by atoms with Gasteiger partial charge in [0.15, 0.2) is 0 Å². The van der Waals surface area contributed by atoms with Crippen LogP contribution in [0.2, 0.25) is 0 Å². The highest BCUT2D eigenvalue weighted by Crippen LogP contribution is 2.26. The second-order valence-corrected chi connectivity index (χ2v) is 4.65. The van der Waals surface area contributed by atoms with E-state index in [1.165, 1.54) is 27.1 Å². The third-order valence-corrected chi connectivity index (χ3v) is 3.36. The van der Waals surface area contributed by atoms with Gasteiger partial charge in [-0.3, -0.25) is 0 Å². The van der Waals surface area contributed by atoms with Gasteiger partial charge in [0.1, 0.15) is 0 Å². The van der Waals surface area contributed by atoms with Gasteiger partial charge >= 0.3 is 0 Å². The van der Waals surface area contributed by atoms with E-state index in [9.17, 15) is 0 Å². The number of rotatable bonds is 2. The predicted molar refractivity (Wildman–Crippen MR) is 85.3 cm³/mol. The van der Waals surface area contributed by atoms with E-state index < -0.39 is 0 Å². The Bertz CT molecular complexity index is 776. The summed E-state index contributed by atoms with van der Waals surface area (Å²) in [5, 5.41) is 5.19. The van der Waals surface area contributed by atoms with E-state index in [2.05, 4.69) is 72.8 Å². The first-order chi connectivity index (χ1) is 9.38. The van der Waals surface area contributed by atoms with Gasteiger partial charge in [-0.05, 0) is 46.2 Å². The highest BCUT2D eigenvalue weighted by molar-refractivity contribution is 6.01. The molecular weight excluding hydrogens is 228 g/mol. The minimum absolute atomic E-state index is 1.27. The van der Waals surface area contributed by atoms with Crippen LogP contribution in [-0.4, -0.2) is 0 Å². The van der Waals surface area contributed by atoms with Crippen LogP contribution in [0.5, 0.6) is 0 Å². The minimum atomic E-state index is 1.27. The Labute approximate surface area is 113 Å². The molecule has 3 aromatic rings. The molecule has 0 saturated heterocycles. The molecule has 0 heterocycles. The van der Waals surface area contributed by atoms with Crippen LogP contribution in [0.3, 0.4) is 0 Å². The molecule has 0 atom stereocenters. The summed E-state index contributed by atoms with van der Waals surface area (Å²) in [7, 11) is 0. The Morgan fingerprint density at radius 1 is 0.737 bits per heavy atom. The molecule has 92 valence electrons. The minimum Gasteiger partial charge on any atom is -0.0877 e. The number of allylic oxidation sites excluding steroid dienone is 3. The summed E-state index contributed by atoms with van der Waals surface area (Å²) in [6.07, 6.45) is 8.35. The van der Waals surface area contributed by atoms with Crippen LogP contribution in [0, 0.1) is 0 Å². The molecule has 3 aromatic carbocycles. The van der Waals surface area contributed by atoms with Crippen molar-refractivity contribution in [3.05, 3.63) is 78.4 Å². The number of benzene rings is 3. The molecule has 0 N–H and O–H groups in total. The summed E-state index contributed by atoms with van der Waals surface area (Å²) in [6, 6.07) is 19.5. The van der Waals surface area contributed by atoms with Crippen molar-refractivity contribution in [2.24, 2.45) is 0 Å². The molecule has 0 saturated carbocycles. The van der Waals surface area contributed by atoms with Crippen LogP contribution in [0.25, 0.3) is 27.6 Å². The molecular formula is C19H16. The highest BCUT2D eigenvalue weighted by Gasteiger charge is 2.00. The average Bonchev–Trinajstić information content (AvgIpc) is 2.46. The molecule has 0 spiro atoms. The van der Waals surface area contributed by atoms with Crippen LogP contribution in [0.1, 0.15) is 12.5 Å². The zero-order valence-electron chi connectivity index (χ0n) is 11.0. The largest absolute Gasteiger partial charge is 0.0877 e. The molecule has 0 fully saturated rings. The van der Waals surface area contributed by atoms with Crippen LogP contribution in [0.15, 0.2) is 72.8 Å². The standard InChI is InChI=1S/C19H16/c1-2-3-4-8-15-11-7-12-18-13-16-9-5-6-10-17(16)14-19(15)18/h2-14H,1H3/b3-2+,8-4+. The number of hydrogen-bond donors (Lipinski definition) is 0. The maximum absolute atomic E-state index is 2.28. The summed E-state index contributed by atoms with van der Waals surface area (Å²) in [6.45, 7) is 2.03. The molecule has 0 aliphatic heterocycles. The maximum atomic E-state index is 2.28. The first-order valence-electron chi connectivity index (χ1n) is 6.59. The summed E-state index contributed by atoms with van der Waals surface area (Å²) < 4.78 is 0. The zero-order chi connectivity index (χ0) is 13.1. The topological polar surface area (TPSA) is 0 Å². The quantitative estimate of drug-likeness (QED) is 0.407. The van der Waals surface area contributed by atoms with Gasteiger partial charge in [-0.15, -0.1) is 0 Å². The second-order valence-electron chi connectivity index (χ2n) is 4.65. The lowest BCUT2D eigenvalue weighted by molar-refractivity contribution is 1.71. The van der Waals surface area contributed by atoms with Gasteiger partial charge in [-0.2, -0.15) is 0 Å². The molecule has 0 bridgehead atoms. The van der Waals surface area contributed by atoms with Crippen molar-refractivity contribution in [3.63, 3.8) is 0 Å². The first kappa shape index (κ1) is 11.7. The third kappa shape index (κ3) is 2.30. The van der Waals surface area contributed by atoms with E-state index in [1.807, 2.05) is 13.0 Å². The summed E-state index contributed by atoms with van der Waals surface area (Å²) in [5.74, 6) is 0. The average molecular weight is 244 g/mol. The van der Waals surface area contributed by atoms with Crippen molar-refractivity contribution in [1.29, 1.82) is 0 Å². The van der Waals surface area contributed by atoms with Crippen LogP contribution >= 0.6 is 0 Å². The van der Waals surface area contributed by atoms with Crippen LogP contribution < -0.4 is 0 Å². The molecule has 0 nitrogen and oxygen atoms in total. The van der Waals surface area contributed by atoms with Gasteiger partial charge in [-0.1, -0.05) is 66.8 Å². The lowest BCUT2D eigenvalue weighted by atomic mass is 9.99. The predicted octanol–water partition coefficient (Wildman–Crippen LogP) is 5.58. The van der Waals surface area contributed by atoms with Gasteiger partial charge in [0.25, 0.3) is 0 Å². The molecule has 0 amide bonds. The fourth-order valence-electron chi connectivity index (χ4n) is 2.41. The Morgan fingerprint density at radius 2 is 1.47 bits per heavy atom. The first-order valence-corrected chi connectivity index (χ1v) is 6.59. The third-order valence-electron chi connectivity index (χ3n) is 3.36. The maximum Gasteiger partial charge on any atom is -0.0105 e. The molecule has 19 heavy (non-hydrogen) atoms. The van der Waals surface area contributed by atoms with Crippen molar-refractivity contribution >= 4 is 27.6 Å². The van der Waals surface area contributed by atoms with Crippen LogP contribution in [0.4, 0.5) is 0 Å². The van der Waals surface area contributed by atoms with Gasteiger partial charge < -0.3 is 0 Å². The SMILES string of the molecule is C/C=C/C=C/c1cccc2cc3ccccc3cc12. The summed E-state index contributed by atoms with van der Waals surface area (Å²) in [4.78, 5) is 0. The smallest absolute Gasteiger partial charge is 0.0105 e. The van der Waals surface area contributed by atoms with E-state index in [1.54, 1.807) is 0 Å². The van der Waals surface area contributed by atoms with Gasteiger partial charge in [0.2, 0.25) is 0 Å². The van der Waals surface area contributed by atoms with Crippen molar-refractivity contribution in [1.82, 2.24) is 0 Å². The lowest BCUT2D eigenvalue weighted by Gasteiger charge is -2.05. The fourth-order valence-corrected chi connectivity index (χ4v) is 2.41. The van der Waals surface area contributed by atoms with Crippen molar-refractivity contribution in [3.8, 4) is 0 Å². The molecule has 3 rings (SSSR count). The van der Waals surface area contributed by atoms with E-state index in [-0.39, 0.29) is 0 Å². The van der Waals surface area contributed by atoms with Gasteiger partial charge in [-0.25, -0.2) is 0 Å². The molecule has 0 radical (unpaired) electrons. The lowest BCUT2D eigenvalue weighted by Crippen LogP contribution is -1.80. The second kappa shape index (κ2) is 5.11. The molecule has 0 unspecified atom stereocenters. The van der Waals surface area contributed by atoms with E-state index >= 15 is 0 Å².